The smallest absolute Gasteiger partial charge is 0.270 e. The molecule has 1 heterocycles. The second-order valence-electron chi connectivity index (χ2n) is 7.87. The fraction of sp³-hybridized carbons (Fsp3) is 0.179. The minimum Gasteiger partial charge on any atom is -0.494 e. The van der Waals surface area contributed by atoms with E-state index in [1.54, 1.807) is 12.1 Å². The van der Waals surface area contributed by atoms with E-state index in [1.165, 1.54) is 22.2 Å². The van der Waals surface area contributed by atoms with Crippen LogP contribution in [0.2, 0.25) is 0 Å². The van der Waals surface area contributed by atoms with Crippen molar-refractivity contribution in [3.05, 3.63) is 88.8 Å². The number of thioether (sulfide) groups is 1. The van der Waals surface area contributed by atoms with Crippen LogP contribution < -0.4 is 19.7 Å². The summed E-state index contributed by atoms with van der Waals surface area (Å²) >= 11 is 6.71. The number of carbonyl (C=O) groups is 2. The molecule has 8 heteroatoms. The van der Waals surface area contributed by atoms with Crippen molar-refractivity contribution in [3.63, 3.8) is 0 Å². The van der Waals surface area contributed by atoms with Crippen LogP contribution in [0.25, 0.3) is 6.08 Å². The lowest BCUT2D eigenvalue weighted by Gasteiger charge is -2.15. The predicted octanol–water partition coefficient (Wildman–Crippen LogP) is 6.07. The van der Waals surface area contributed by atoms with Crippen LogP contribution in [0.4, 0.5) is 11.4 Å². The fourth-order valence-corrected chi connectivity index (χ4v) is 4.87. The predicted molar refractivity (Wildman–Crippen MR) is 150 cm³/mol. The molecule has 0 atom stereocenters. The molecule has 0 aromatic heterocycles. The third-order valence-electron chi connectivity index (χ3n) is 5.41. The zero-order chi connectivity index (χ0) is 25.5. The Morgan fingerprint density at radius 1 is 1.00 bits per heavy atom. The van der Waals surface area contributed by atoms with Gasteiger partial charge >= 0.3 is 0 Å². The molecule has 4 rings (SSSR count). The van der Waals surface area contributed by atoms with Crippen molar-refractivity contribution in [2.24, 2.45) is 0 Å². The van der Waals surface area contributed by atoms with E-state index in [9.17, 15) is 9.59 Å². The third-order valence-corrected chi connectivity index (χ3v) is 6.71. The number of aryl methyl sites for hydroxylation is 1. The summed E-state index contributed by atoms with van der Waals surface area (Å²) in [5.74, 6) is 0.753. The van der Waals surface area contributed by atoms with E-state index < -0.39 is 0 Å². The van der Waals surface area contributed by atoms with Gasteiger partial charge in [-0.1, -0.05) is 61.2 Å². The van der Waals surface area contributed by atoms with Crippen LogP contribution >= 0.6 is 24.0 Å². The molecule has 0 radical (unpaired) electrons. The van der Waals surface area contributed by atoms with Crippen LogP contribution in [-0.2, 0) is 16.0 Å². The monoisotopic (exact) mass is 518 g/mol. The molecule has 36 heavy (non-hydrogen) atoms. The Morgan fingerprint density at radius 2 is 1.72 bits per heavy atom. The number of hydrogen-bond acceptors (Lipinski definition) is 6. The number of nitrogens with zero attached hydrogens (tertiary/aromatic N) is 1. The first-order valence-electron chi connectivity index (χ1n) is 11.6. The van der Waals surface area contributed by atoms with Crippen molar-refractivity contribution >= 4 is 57.6 Å². The van der Waals surface area contributed by atoms with Gasteiger partial charge in [0.1, 0.15) is 11.5 Å². The quantitative estimate of drug-likeness (QED) is 0.274. The number of carbonyl (C=O) groups excluding carboxylic acids is 2. The number of hydrogen-bond donors (Lipinski definition) is 1. The van der Waals surface area contributed by atoms with E-state index in [4.69, 9.17) is 21.7 Å². The molecule has 1 fully saturated rings. The summed E-state index contributed by atoms with van der Waals surface area (Å²) in [5.41, 5.74) is 3.28. The molecule has 1 N–H and O–H groups in total. The van der Waals surface area contributed by atoms with Gasteiger partial charge in [-0.05, 0) is 67.4 Å². The first kappa shape index (κ1) is 25.5. The summed E-state index contributed by atoms with van der Waals surface area (Å²) < 4.78 is 11.7. The molecule has 6 nitrogen and oxygen atoms in total. The second kappa shape index (κ2) is 11.9. The minimum absolute atomic E-state index is 0.159. The maximum Gasteiger partial charge on any atom is 0.270 e. The highest BCUT2D eigenvalue weighted by Gasteiger charge is 2.33. The SMILES string of the molecule is CCOc1ccc(N2C(=O)/C(=C/c3ccccc3OCC(=O)Nc3ccc(CC)cc3)SC2=S)cc1. The summed E-state index contributed by atoms with van der Waals surface area (Å²) in [6, 6.07) is 22.2. The molecule has 2 amide bonds. The first-order chi connectivity index (χ1) is 17.5. The van der Waals surface area contributed by atoms with E-state index >= 15 is 0 Å². The van der Waals surface area contributed by atoms with E-state index in [0.717, 1.165) is 12.2 Å². The van der Waals surface area contributed by atoms with E-state index in [2.05, 4.69) is 12.2 Å². The molecule has 3 aromatic rings. The van der Waals surface area contributed by atoms with Crippen molar-refractivity contribution in [3.8, 4) is 11.5 Å². The molecule has 1 aliphatic rings. The average Bonchev–Trinajstić information content (AvgIpc) is 3.17. The Morgan fingerprint density at radius 3 is 2.42 bits per heavy atom. The fourth-order valence-electron chi connectivity index (χ4n) is 3.59. The number of benzene rings is 3. The van der Waals surface area contributed by atoms with Crippen molar-refractivity contribution < 1.29 is 19.1 Å². The molecule has 184 valence electrons. The summed E-state index contributed by atoms with van der Waals surface area (Å²) in [4.78, 5) is 27.6. The summed E-state index contributed by atoms with van der Waals surface area (Å²) in [6.07, 6.45) is 2.68. The number of rotatable bonds is 9. The van der Waals surface area contributed by atoms with Crippen LogP contribution in [0.5, 0.6) is 11.5 Å². The first-order valence-corrected chi connectivity index (χ1v) is 12.8. The molecule has 3 aromatic carbocycles. The number of ether oxygens (including phenoxy) is 2. The molecular weight excluding hydrogens is 492 g/mol. The normalized spacial score (nSPS) is 14.3. The molecule has 0 unspecified atom stereocenters. The van der Waals surface area contributed by atoms with Crippen molar-refractivity contribution in [1.29, 1.82) is 0 Å². The Bertz CT molecular complexity index is 1290. The van der Waals surface area contributed by atoms with Gasteiger partial charge in [-0.25, -0.2) is 0 Å². The summed E-state index contributed by atoms with van der Waals surface area (Å²) in [5, 5.41) is 2.83. The van der Waals surface area contributed by atoms with Crippen molar-refractivity contribution in [1.82, 2.24) is 0 Å². The van der Waals surface area contributed by atoms with Crippen molar-refractivity contribution in [2.75, 3.05) is 23.4 Å². The van der Waals surface area contributed by atoms with Crippen LogP contribution in [0, 0.1) is 0 Å². The van der Waals surface area contributed by atoms with Crippen LogP contribution in [0.1, 0.15) is 25.0 Å². The van der Waals surface area contributed by atoms with Crippen molar-refractivity contribution in [2.45, 2.75) is 20.3 Å². The standard InChI is InChI=1S/C28H26N2O4S2/c1-3-19-9-11-21(12-10-19)29-26(31)18-34-24-8-6-5-7-20(24)17-25-27(32)30(28(35)36-25)22-13-15-23(16-14-22)33-4-2/h5-17H,3-4,18H2,1-2H3,(H,29,31)/b25-17-. The molecule has 1 saturated heterocycles. The highest BCUT2D eigenvalue weighted by Crippen LogP contribution is 2.37. The maximum absolute atomic E-state index is 13.2. The van der Waals surface area contributed by atoms with Gasteiger partial charge in [0.2, 0.25) is 0 Å². The van der Waals surface area contributed by atoms with Gasteiger partial charge in [0.05, 0.1) is 17.2 Å². The molecule has 0 aliphatic carbocycles. The summed E-state index contributed by atoms with van der Waals surface area (Å²) in [7, 11) is 0. The van der Waals surface area contributed by atoms with E-state index in [-0.39, 0.29) is 18.4 Å². The van der Waals surface area contributed by atoms with Crippen LogP contribution in [0.3, 0.4) is 0 Å². The Balaban J connectivity index is 1.44. The van der Waals surface area contributed by atoms with E-state index in [1.807, 2.05) is 73.7 Å². The van der Waals surface area contributed by atoms with Gasteiger partial charge in [-0.2, -0.15) is 0 Å². The van der Waals surface area contributed by atoms with Gasteiger partial charge in [-0.3, -0.25) is 14.5 Å². The highest BCUT2D eigenvalue weighted by molar-refractivity contribution is 8.27. The van der Waals surface area contributed by atoms with E-state index in [0.29, 0.717) is 38.5 Å². The van der Waals surface area contributed by atoms with Crippen LogP contribution in [0.15, 0.2) is 77.7 Å². The lowest BCUT2D eigenvalue weighted by atomic mass is 10.1. The third kappa shape index (κ3) is 6.13. The maximum atomic E-state index is 13.2. The minimum atomic E-state index is -0.268. The number of nitrogens with one attached hydrogen (secondary N) is 1. The van der Waals surface area contributed by atoms with Gasteiger partial charge < -0.3 is 14.8 Å². The van der Waals surface area contributed by atoms with Gasteiger partial charge in [-0.15, -0.1) is 0 Å². The van der Waals surface area contributed by atoms with Gasteiger partial charge in [0.15, 0.2) is 10.9 Å². The second-order valence-corrected chi connectivity index (χ2v) is 9.54. The topological polar surface area (TPSA) is 67.9 Å². The number of para-hydroxylation sites is 1. The molecule has 1 aliphatic heterocycles. The molecule has 0 saturated carbocycles. The lowest BCUT2D eigenvalue weighted by Crippen LogP contribution is -2.27. The zero-order valence-corrected chi connectivity index (χ0v) is 21.7. The Labute approximate surface area is 220 Å². The highest BCUT2D eigenvalue weighted by atomic mass is 32.2. The largest absolute Gasteiger partial charge is 0.494 e. The van der Waals surface area contributed by atoms with Gasteiger partial charge in [0, 0.05) is 11.3 Å². The number of amides is 2. The molecular formula is C28H26N2O4S2. The average molecular weight is 519 g/mol. The zero-order valence-electron chi connectivity index (χ0n) is 20.0. The van der Waals surface area contributed by atoms with Crippen LogP contribution in [-0.4, -0.2) is 29.3 Å². The molecule has 0 bridgehead atoms. The number of thiocarbonyl (C=S) groups is 1. The molecule has 0 spiro atoms. The summed E-state index contributed by atoms with van der Waals surface area (Å²) in [6.45, 7) is 4.41. The number of anilines is 2. The lowest BCUT2D eigenvalue weighted by molar-refractivity contribution is -0.118. The Kier molecular flexibility index (Phi) is 8.40. The Hall–Kier alpha value is -3.62. The van der Waals surface area contributed by atoms with Gasteiger partial charge in [0.25, 0.3) is 11.8 Å².